The van der Waals surface area contributed by atoms with Crippen LogP contribution in [0.25, 0.3) is 11.5 Å². The lowest BCUT2D eigenvalue weighted by Crippen LogP contribution is -2.42. The van der Waals surface area contributed by atoms with Crippen LogP contribution in [-0.2, 0) is 6.18 Å². The second kappa shape index (κ2) is 9.33. The number of benzene rings is 1. The van der Waals surface area contributed by atoms with Crippen molar-refractivity contribution >= 4 is 5.91 Å². The number of carbonyl (C=O) groups is 1. The lowest BCUT2D eigenvalue weighted by atomic mass is 10.0. The number of alkyl halides is 3. The highest BCUT2D eigenvalue weighted by atomic mass is 19.4. The molecule has 170 valence electrons. The quantitative estimate of drug-likeness (QED) is 0.536. The number of carbonyl (C=O) groups excluding carboxylic acids is 1. The minimum atomic E-state index is -4.58. The molecular formula is C21H22F3N5O3. The summed E-state index contributed by atoms with van der Waals surface area (Å²) in [6.07, 6.45) is -3.07. The van der Waals surface area contributed by atoms with Crippen LogP contribution in [0.4, 0.5) is 13.2 Å². The van der Waals surface area contributed by atoms with Gasteiger partial charge in [0.2, 0.25) is 17.7 Å². The molecule has 0 spiro atoms. The fourth-order valence-electron chi connectivity index (χ4n) is 3.07. The molecule has 0 saturated heterocycles. The Morgan fingerprint density at radius 1 is 1.19 bits per heavy atom. The van der Waals surface area contributed by atoms with Gasteiger partial charge in [0.15, 0.2) is 5.69 Å². The van der Waals surface area contributed by atoms with Gasteiger partial charge in [-0.25, -0.2) is 9.97 Å². The maximum Gasteiger partial charge on any atom is 0.434 e. The fraction of sp³-hybridized carbons (Fsp3) is 0.381. The standard InChI is InChI=1S/C21H22F3N5O3/c1-5-29(13(3)11-31-18-10-25-17(9-26-18)21(22,23)24)20(30)15-7-6-12(2)8-16(15)19-28-27-14(4)32-19/h6-10,13H,5,11H2,1-4H3/t13-/m0/s1. The Kier molecular flexibility index (Phi) is 6.75. The highest BCUT2D eigenvalue weighted by molar-refractivity contribution is 6.00. The molecule has 1 aromatic carbocycles. The number of hydrogen-bond donors (Lipinski definition) is 0. The van der Waals surface area contributed by atoms with Crippen LogP contribution in [0.15, 0.2) is 35.0 Å². The van der Waals surface area contributed by atoms with E-state index in [9.17, 15) is 18.0 Å². The summed E-state index contributed by atoms with van der Waals surface area (Å²) in [6.45, 7) is 7.52. The van der Waals surface area contributed by atoms with E-state index in [0.29, 0.717) is 29.8 Å². The van der Waals surface area contributed by atoms with Crippen molar-refractivity contribution in [2.75, 3.05) is 13.2 Å². The van der Waals surface area contributed by atoms with E-state index in [2.05, 4.69) is 20.2 Å². The second-order valence-corrected chi connectivity index (χ2v) is 7.16. The molecule has 0 saturated carbocycles. The first kappa shape index (κ1) is 23.2. The molecule has 2 heterocycles. The molecule has 3 rings (SSSR count). The lowest BCUT2D eigenvalue weighted by molar-refractivity contribution is -0.141. The van der Waals surface area contributed by atoms with Crippen molar-refractivity contribution in [1.29, 1.82) is 0 Å². The summed E-state index contributed by atoms with van der Waals surface area (Å²) < 4.78 is 48.8. The van der Waals surface area contributed by atoms with Gasteiger partial charge in [-0.15, -0.1) is 10.2 Å². The summed E-state index contributed by atoms with van der Waals surface area (Å²) >= 11 is 0. The van der Waals surface area contributed by atoms with Gasteiger partial charge in [0, 0.05) is 13.5 Å². The molecule has 0 bridgehead atoms. The Balaban J connectivity index is 1.76. The number of aryl methyl sites for hydroxylation is 2. The topological polar surface area (TPSA) is 94.2 Å². The number of rotatable bonds is 7. The van der Waals surface area contributed by atoms with Crippen molar-refractivity contribution in [2.24, 2.45) is 0 Å². The lowest BCUT2D eigenvalue weighted by Gasteiger charge is -2.28. The van der Waals surface area contributed by atoms with Crippen molar-refractivity contribution in [2.45, 2.75) is 39.9 Å². The van der Waals surface area contributed by atoms with E-state index >= 15 is 0 Å². The molecule has 1 atom stereocenters. The highest BCUT2D eigenvalue weighted by Gasteiger charge is 2.33. The molecule has 0 radical (unpaired) electrons. The molecule has 0 aliphatic heterocycles. The highest BCUT2D eigenvalue weighted by Crippen LogP contribution is 2.28. The predicted octanol–water partition coefficient (Wildman–Crippen LogP) is 4.09. The summed E-state index contributed by atoms with van der Waals surface area (Å²) in [5, 5.41) is 7.86. The van der Waals surface area contributed by atoms with Crippen LogP contribution in [-0.4, -0.2) is 50.2 Å². The van der Waals surface area contributed by atoms with Crippen LogP contribution >= 0.6 is 0 Å². The van der Waals surface area contributed by atoms with Crippen LogP contribution in [0.2, 0.25) is 0 Å². The minimum absolute atomic E-state index is 0.0144. The minimum Gasteiger partial charge on any atom is -0.474 e. The van der Waals surface area contributed by atoms with Gasteiger partial charge in [-0.3, -0.25) is 4.79 Å². The van der Waals surface area contributed by atoms with Crippen LogP contribution in [0, 0.1) is 13.8 Å². The van der Waals surface area contributed by atoms with Crippen molar-refractivity contribution in [3.05, 3.63) is 53.3 Å². The van der Waals surface area contributed by atoms with Crippen molar-refractivity contribution in [3.63, 3.8) is 0 Å². The number of ether oxygens (including phenoxy) is 1. The average molecular weight is 449 g/mol. The first-order valence-electron chi connectivity index (χ1n) is 9.84. The summed E-state index contributed by atoms with van der Waals surface area (Å²) in [5.74, 6) is 0.292. The Morgan fingerprint density at radius 3 is 2.50 bits per heavy atom. The van der Waals surface area contributed by atoms with Crippen LogP contribution in [0.3, 0.4) is 0 Å². The molecule has 32 heavy (non-hydrogen) atoms. The van der Waals surface area contributed by atoms with E-state index in [0.717, 1.165) is 11.8 Å². The first-order chi connectivity index (χ1) is 15.1. The molecule has 0 aliphatic rings. The molecule has 8 nitrogen and oxygen atoms in total. The number of amides is 1. The normalized spacial score (nSPS) is 12.5. The molecule has 0 fully saturated rings. The Bertz CT molecular complexity index is 1080. The third kappa shape index (κ3) is 5.21. The van der Waals surface area contributed by atoms with Gasteiger partial charge < -0.3 is 14.1 Å². The van der Waals surface area contributed by atoms with Crippen molar-refractivity contribution in [3.8, 4) is 17.3 Å². The van der Waals surface area contributed by atoms with E-state index in [1.165, 1.54) is 0 Å². The van der Waals surface area contributed by atoms with Gasteiger partial charge in [0.25, 0.3) is 5.91 Å². The number of likely N-dealkylation sites (N-methyl/N-ethyl adjacent to an activating group) is 1. The smallest absolute Gasteiger partial charge is 0.434 e. The SMILES string of the molecule is CCN(C(=O)c1ccc(C)cc1-c1nnc(C)o1)[C@@H](C)COc1cnc(C(F)(F)F)cn1. The van der Waals surface area contributed by atoms with E-state index in [4.69, 9.17) is 9.15 Å². The third-order valence-electron chi connectivity index (χ3n) is 4.69. The number of aromatic nitrogens is 4. The maximum absolute atomic E-state index is 13.3. The summed E-state index contributed by atoms with van der Waals surface area (Å²) in [4.78, 5) is 21.9. The van der Waals surface area contributed by atoms with Gasteiger partial charge in [0.1, 0.15) is 6.61 Å². The van der Waals surface area contributed by atoms with Crippen molar-refractivity contribution < 1.29 is 27.1 Å². The molecule has 0 aliphatic carbocycles. The molecular weight excluding hydrogens is 427 g/mol. The number of halogens is 3. The van der Waals surface area contributed by atoms with Crippen LogP contribution in [0.1, 0.15) is 41.4 Å². The largest absolute Gasteiger partial charge is 0.474 e. The van der Waals surface area contributed by atoms with Crippen molar-refractivity contribution in [1.82, 2.24) is 25.1 Å². The van der Waals surface area contributed by atoms with E-state index in [-0.39, 0.29) is 24.3 Å². The summed E-state index contributed by atoms with van der Waals surface area (Å²) in [5.41, 5.74) is 0.734. The van der Waals surface area contributed by atoms with E-state index < -0.39 is 17.9 Å². The Morgan fingerprint density at radius 2 is 1.94 bits per heavy atom. The zero-order valence-electron chi connectivity index (χ0n) is 18.0. The van der Waals surface area contributed by atoms with Crippen LogP contribution in [0.5, 0.6) is 5.88 Å². The Labute approximate surface area is 182 Å². The third-order valence-corrected chi connectivity index (χ3v) is 4.69. The molecule has 11 heteroatoms. The van der Waals surface area contributed by atoms with Crippen LogP contribution < -0.4 is 4.74 Å². The van der Waals surface area contributed by atoms with Gasteiger partial charge in [-0.1, -0.05) is 11.6 Å². The number of nitrogens with zero attached hydrogens (tertiary/aromatic N) is 5. The number of hydrogen-bond acceptors (Lipinski definition) is 7. The molecule has 3 aromatic rings. The van der Waals surface area contributed by atoms with Gasteiger partial charge in [0.05, 0.1) is 29.6 Å². The maximum atomic E-state index is 13.3. The second-order valence-electron chi connectivity index (χ2n) is 7.16. The molecule has 2 aromatic heterocycles. The van der Waals surface area contributed by atoms with Gasteiger partial charge >= 0.3 is 6.18 Å². The van der Waals surface area contributed by atoms with E-state index in [1.807, 2.05) is 19.9 Å². The molecule has 0 unspecified atom stereocenters. The Hall–Kier alpha value is -3.50. The van der Waals surface area contributed by atoms with Gasteiger partial charge in [-0.2, -0.15) is 13.2 Å². The monoisotopic (exact) mass is 449 g/mol. The predicted molar refractivity (Wildman–Crippen MR) is 108 cm³/mol. The zero-order chi connectivity index (χ0) is 23.5. The summed E-state index contributed by atoms with van der Waals surface area (Å²) in [7, 11) is 0. The van der Waals surface area contributed by atoms with E-state index in [1.54, 1.807) is 30.9 Å². The van der Waals surface area contributed by atoms with Gasteiger partial charge in [-0.05, 0) is 32.9 Å². The molecule has 0 N–H and O–H groups in total. The fourth-order valence-corrected chi connectivity index (χ4v) is 3.07. The summed E-state index contributed by atoms with van der Waals surface area (Å²) in [6, 6.07) is 4.90. The first-order valence-corrected chi connectivity index (χ1v) is 9.84. The molecule has 1 amide bonds. The average Bonchev–Trinajstić information content (AvgIpc) is 3.18. The zero-order valence-corrected chi connectivity index (χ0v) is 18.0.